The number of aliphatic imine (C=N–C) groups is 1. The minimum Gasteiger partial charge on any atom is -0.502 e. The zero-order valence-electron chi connectivity index (χ0n) is 24.7. The molecule has 9 N–H and O–H groups in total. The lowest BCUT2D eigenvalue weighted by molar-refractivity contribution is -0.277. The number of aliphatic hydroxyl groups excluding tert-OH is 3. The Balaban J connectivity index is 1.58. The Hall–Kier alpha value is -4.51. The number of nitrogens with zero attached hydrogens (tertiary/aromatic N) is 1. The number of esters is 1. The number of fused-ring (bicyclic) bond motifs is 1. The van der Waals surface area contributed by atoms with Gasteiger partial charge in [-0.3, -0.25) is 4.99 Å². The first-order valence-electron chi connectivity index (χ1n) is 14.0. The lowest BCUT2D eigenvalue weighted by atomic mass is 9.94. The molecule has 16 heteroatoms. The van der Waals surface area contributed by atoms with Crippen molar-refractivity contribution in [1.82, 2.24) is 0 Å². The van der Waals surface area contributed by atoms with Crippen LogP contribution in [0.15, 0.2) is 23.2 Å². The van der Waals surface area contributed by atoms with Crippen LogP contribution < -0.4 is 30.4 Å². The third-order valence-electron chi connectivity index (χ3n) is 7.36. The van der Waals surface area contributed by atoms with E-state index >= 15 is 0 Å². The zero-order valence-corrected chi connectivity index (χ0v) is 24.7. The van der Waals surface area contributed by atoms with Gasteiger partial charge < -0.3 is 65.4 Å². The molecule has 2 aliphatic rings. The molecule has 246 valence electrons. The predicted molar refractivity (Wildman–Crippen MR) is 155 cm³/mol. The summed E-state index contributed by atoms with van der Waals surface area (Å²) in [6, 6.07) is 3.89. The van der Waals surface area contributed by atoms with Gasteiger partial charge in [-0.15, -0.1) is 0 Å². The molecule has 0 bridgehead atoms. The summed E-state index contributed by atoms with van der Waals surface area (Å²) in [4.78, 5) is 28.9. The Bertz CT molecular complexity index is 1400. The number of phenolic OH excluding ortho intramolecular Hbond substituents is 1. The Labute approximate surface area is 257 Å². The van der Waals surface area contributed by atoms with E-state index in [0.717, 1.165) is 0 Å². The Morgan fingerprint density at radius 3 is 2.36 bits per heavy atom. The number of hydrogen-bond donors (Lipinski definition) is 7. The highest BCUT2D eigenvalue weighted by molar-refractivity contribution is 5.92. The maximum atomic E-state index is 12.8. The molecule has 1 fully saturated rings. The number of methoxy groups -OCH3 is 2. The SMILES string of the molecule is COc1cc(C(=O)OC[C@@H]2O[C@@H](Oc3c(CCCN=C(N)N)cc(C(=O)O)c4c3OCCC4)[C@H](O)[C@@H](O)[C@@H]2O)cc(OC)c1O. The third kappa shape index (κ3) is 7.42. The number of carbonyl (C=O) groups excluding carboxylic acids is 1. The van der Waals surface area contributed by atoms with Crippen molar-refractivity contribution in [1.29, 1.82) is 0 Å². The number of aromatic hydroxyl groups is 1. The van der Waals surface area contributed by atoms with Crippen LogP contribution in [-0.4, -0.2) is 108 Å². The second-order valence-corrected chi connectivity index (χ2v) is 10.3. The maximum Gasteiger partial charge on any atom is 0.338 e. The van der Waals surface area contributed by atoms with Crippen LogP contribution in [0.25, 0.3) is 0 Å². The van der Waals surface area contributed by atoms with E-state index in [1.54, 1.807) is 0 Å². The number of benzene rings is 2. The van der Waals surface area contributed by atoms with E-state index in [4.69, 9.17) is 39.9 Å². The van der Waals surface area contributed by atoms with E-state index < -0.39 is 49.3 Å². The molecule has 0 radical (unpaired) electrons. The first-order chi connectivity index (χ1) is 21.5. The van der Waals surface area contributed by atoms with E-state index in [1.807, 2.05) is 0 Å². The molecule has 2 aromatic rings. The highest BCUT2D eigenvalue weighted by Gasteiger charge is 2.46. The molecule has 5 atom stereocenters. The summed E-state index contributed by atoms with van der Waals surface area (Å²) in [5.41, 5.74) is 11.6. The molecule has 1 saturated heterocycles. The van der Waals surface area contributed by atoms with Crippen molar-refractivity contribution in [2.75, 3.05) is 34.0 Å². The average Bonchev–Trinajstić information content (AvgIpc) is 3.02. The van der Waals surface area contributed by atoms with Crippen molar-refractivity contribution in [2.24, 2.45) is 16.5 Å². The Morgan fingerprint density at radius 2 is 1.73 bits per heavy atom. The quantitative estimate of drug-likeness (QED) is 0.0683. The number of carboxylic acid groups (broad SMARTS) is 1. The van der Waals surface area contributed by atoms with Crippen molar-refractivity contribution in [3.05, 3.63) is 40.5 Å². The van der Waals surface area contributed by atoms with Gasteiger partial charge in [-0.1, -0.05) is 0 Å². The van der Waals surface area contributed by atoms with Gasteiger partial charge in [0.05, 0.1) is 32.0 Å². The smallest absolute Gasteiger partial charge is 0.338 e. The number of carboxylic acids is 1. The standard InChI is InChI=1S/C29H37N3O13/c1-40-17-10-14(11-18(41-2)20(17)33)27(39)43-12-19-21(34)22(35)23(36)28(44-19)45-24-13(5-3-7-32-29(30)31)9-16(26(37)38)15-6-4-8-42-25(15)24/h9-11,19,21-23,28,33-36H,3-8,12H2,1-2H3,(H,37,38)(H4,30,31,32)/t19-,21+,22-,23+,28-/m0/s1. The molecule has 45 heavy (non-hydrogen) atoms. The van der Waals surface area contributed by atoms with Gasteiger partial charge in [-0.2, -0.15) is 0 Å². The second kappa shape index (κ2) is 14.5. The first kappa shape index (κ1) is 33.4. The summed E-state index contributed by atoms with van der Waals surface area (Å²) in [5.74, 6) is -2.32. The van der Waals surface area contributed by atoms with Crippen molar-refractivity contribution in [3.63, 3.8) is 0 Å². The number of phenols is 1. The van der Waals surface area contributed by atoms with Gasteiger partial charge in [0.15, 0.2) is 29.0 Å². The van der Waals surface area contributed by atoms with Gasteiger partial charge in [0.1, 0.15) is 31.0 Å². The van der Waals surface area contributed by atoms with E-state index in [0.29, 0.717) is 30.4 Å². The highest BCUT2D eigenvalue weighted by atomic mass is 16.7. The summed E-state index contributed by atoms with van der Waals surface area (Å²) in [6.45, 7) is -0.0599. The van der Waals surface area contributed by atoms with Crippen molar-refractivity contribution >= 4 is 17.9 Å². The third-order valence-corrected chi connectivity index (χ3v) is 7.36. The fourth-order valence-corrected chi connectivity index (χ4v) is 5.06. The number of hydrogen-bond acceptors (Lipinski definition) is 13. The second-order valence-electron chi connectivity index (χ2n) is 10.3. The number of aromatic carboxylic acids is 1. The Morgan fingerprint density at radius 1 is 1.04 bits per heavy atom. The summed E-state index contributed by atoms with van der Waals surface area (Å²) in [5, 5.41) is 52.1. The molecular formula is C29H37N3O13. The number of carbonyl (C=O) groups is 2. The monoisotopic (exact) mass is 635 g/mol. The summed E-state index contributed by atoms with van der Waals surface area (Å²) in [7, 11) is 2.57. The topological polar surface area (TPSA) is 255 Å². The van der Waals surface area contributed by atoms with E-state index in [1.165, 1.54) is 32.4 Å². The molecular weight excluding hydrogens is 598 g/mol. The van der Waals surface area contributed by atoms with Gasteiger partial charge in [-0.25, -0.2) is 9.59 Å². The van der Waals surface area contributed by atoms with E-state index in [2.05, 4.69) is 4.99 Å². The van der Waals surface area contributed by atoms with Crippen LogP contribution in [0.3, 0.4) is 0 Å². The molecule has 16 nitrogen and oxygen atoms in total. The van der Waals surface area contributed by atoms with Crippen LogP contribution >= 0.6 is 0 Å². The highest BCUT2D eigenvalue weighted by Crippen LogP contribution is 2.43. The summed E-state index contributed by atoms with van der Waals surface area (Å²) in [6.07, 6.45) is -6.58. The van der Waals surface area contributed by atoms with E-state index in [-0.39, 0.29) is 65.4 Å². The molecule has 0 aliphatic carbocycles. The fourth-order valence-electron chi connectivity index (χ4n) is 5.06. The minimum absolute atomic E-state index is 0.0294. The zero-order chi connectivity index (χ0) is 32.8. The van der Waals surface area contributed by atoms with Gasteiger partial charge in [0.2, 0.25) is 12.0 Å². The average molecular weight is 636 g/mol. The molecule has 4 rings (SSSR count). The molecule has 2 aliphatic heterocycles. The molecule has 0 aromatic heterocycles. The van der Waals surface area contributed by atoms with Crippen molar-refractivity contribution < 1.29 is 63.5 Å². The number of aryl methyl sites for hydroxylation is 1. The van der Waals surface area contributed by atoms with Crippen LogP contribution in [0.4, 0.5) is 0 Å². The molecule has 2 heterocycles. The summed E-state index contributed by atoms with van der Waals surface area (Å²) < 4.78 is 33.1. The van der Waals surface area contributed by atoms with Gasteiger partial charge in [0.25, 0.3) is 0 Å². The fraction of sp³-hybridized carbons (Fsp3) is 0.483. The van der Waals surface area contributed by atoms with Crippen molar-refractivity contribution in [2.45, 2.75) is 56.4 Å². The van der Waals surface area contributed by atoms with Crippen LogP contribution in [-0.2, 0) is 22.3 Å². The molecule has 2 aromatic carbocycles. The van der Waals surface area contributed by atoms with Crippen LogP contribution in [0.5, 0.6) is 28.7 Å². The number of aliphatic hydroxyl groups is 3. The van der Waals surface area contributed by atoms with Crippen LogP contribution in [0.2, 0.25) is 0 Å². The predicted octanol–water partition coefficient (Wildman–Crippen LogP) is -0.318. The van der Waals surface area contributed by atoms with Crippen LogP contribution in [0.1, 0.15) is 44.7 Å². The van der Waals surface area contributed by atoms with Crippen molar-refractivity contribution in [3.8, 4) is 28.7 Å². The first-order valence-corrected chi connectivity index (χ1v) is 14.0. The number of rotatable bonds is 12. The lowest BCUT2D eigenvalue weighted by Crippen LogP contribution is -2.60. The molecule has 0 spiro atoms. The number of nitrogens with two attached hydrogens (primary N) is 2. The molecule has 0 unspecified atom stereocenters. The number of guanidine groups is 1. The molecule has 0 amide bonds. The van der Waals surface area contributed by atoms with E-state index in [9.17, 15) is 35.1 Å². The maximum absolute atomic E-state index is 12.8. The van der Waals surface area contributed by atoms with Gasteiger partial charge in [0, 0.05) is 12.1 Å². The normalized spacial score (nSPS) is 22.4. The molecule has 0 saturated carbocycles. The Kier molecular flexibility index (Phi) is 10.8. The largest absolute Gasteiger partial charge is 0.502 e. The number of ether oxygens (including phenoxy) is 6. The lowest BCUT2D eigenvalue weighted by Gasteiger charge is -2.40. The van der Waals surface area contributed by atoms with Gasteiger partial charge >= 0.3 is 11.9 Å². The minimum atomic E-state index is -1.78. The van der Waals surface area contributed by atoms with Gasteiger partial charge in [-0.05, 0) is 49.4 Å². The van der Waals surface area contributed by atoms with Crippen LogP contribution in [0, 0.1) is 0 Å². The summed E-state index contributed by atoms with van der Waals surface area (Å²) >= 11 is 0.